The Morgan fingerprint density at radius 1 is 1.11 bits per heavy atom. The van der Waals surface area contributed by atoms with Gasteiger partial charge in [0.05, 0.1) is 5.60 Å². The monoisotopic (exact) mass is 267 g/mol. The average Bonchev–Trinajstić information content (AvgIpc) is 2.76. The molecule has 0 spiro atoms. The molecule has 0 aromatic rings. The fraction of sp³-hybridized carbons (Fsp3) is 1.00. The van der Waals surface area contributed by atoms with Crippen LogP contribution < -0.4 is 5.73 Å². The van der Waals surface area contributed by atoms with Gasteiger partial charge in [-0.25, -0.2) is 0 Å². The molecule has 0 amide bonds. The third kappa shape index (κ3) is 2.85. The minimum absolute atomic E-state index is 0.00803. The molecule has 0 bridgehead atoms. The fourth-order valence-electron chi connectivity index (χ4n) is 4.57. The van der Waals surface area contributed by atoms with E-state index in [9.17, 15) is 5.11 Å². The van der Waals surface area contributed by atoms with Crippen LogP contribution in [-0.4, -0.2) is 17.3 Å². The first-order valence-corrected chi connectivity index (χ1v) is 8.29. The van der Waals surface area contributed by atoms with Gasteiger partial charge in [-0.2, -0.15) is 0 Å². The van der Waals surface area contributed by atoms with Crippen molar-refractivity contribution < 1.29 is 5.11 Å². The minimum atomic E-state index is -0.501. The lowest BCUT2D eigenvalue weighted by atomic mass is 9.66. The molecule has 0 aliphatic heterocycles. The molecule has 2 aliphatic carbocycles. The molecule has 2 aliphatic rings. The molecule has 0 saturated heterocycles. The smallest absolute Gasteiger partial charge is 0.0716 e. The van der Waals surface area contributed by atoms with Crippen molar-refractivity contribution in [3.8, 4) is 0 Å². The molecule has 2 nitrogen and oxygen atoms in total. The Hall–Kier alpha value is -0.0800. The Balaban J connectivity index is 2.17. The minimum Gasteiger partial charge on any atom is -0.389 e. The molecule has 3 N–H and O–H groups in total. The molecule has 2 heteroatoms. The van der Waals surface area contributed by atoms with E-state index in [1.807, 2.05) is 0 Å². The molecule has 2 rings (SSSR count). The van der Waals surface area contributed by atoms with Crippen molar-refractivity contribution >= 4 is 0 Å². The number of nitrogens with two attached hydrogens (primary N) is 1. The number of rotatable bonds is 3. The van der Waals surface area contributed by atoms with Gasteiger partial charge in [0.2, 0.25) is 0 Å². The van der Waals surface area contributed by atoms with Crippen molar-refractivity contribution in [3.05, 3.63) is 0 Å². The highest BCUT2D eigenvalue weighted by atomic mass is 16.3. The first-order chi connectivity index (χ1) is 8.86. The van der Waals surface area contributed by atoms with Crippen LogP contribution in [0.1, 0.15) is 78.6 Å². The summed E-state index contributed by atoms with van der Waals surface area (Å²) in [5.74, 6) is 0.781. The van der Waals surface area contributed by atoms with Gasteiger partial charge in [-0.3, -0.25) is 0 Å². The maximum Gasteiger partial charge on any atom is 0.0716 e. The van der Waals surface area contributed by atoms with E-state index in [2.05, 4.69) is 20.8 Å². The van der Waals surface area contributed by atoms with Gasteiger partial charge in [-0.15, -0.1) is 0 Å². The van der Waals surface area contributed by atoms with Crippen LogP contribution in [0.3, 0.4) is 0 Å². The summed E-state index contributed by atoms with van der Waals surface area (Å²) in [7, 11) is 0. The zero-order valence-electron chi connectivity index (χ0n) is 13.2. The summed E-state index contributed by atoms with van der Waals surface area (Å²) in [6.07, 6.45) is 10.2. The first kappa shape index (κ1) is 15.3. The maximum absolute atomic E-state index is 11.4. The molecule has 0 aromatic carbocycles. The first-order valence-electron chi connectivity index (χ1n) is 8.29. The van der Waals surface area contributed by atoms with E-state index < -0.39 is 5.60 Å². The van der Waals surface area contributed by atoms with Crippen molar-refractivity contribution in [1.29, 1.82) is 0 Å². The molecule has 0 heterocycles. The van der Waals surface area contributed by atoms with E-state index in [-0.39, 0.29) is 5.41 Å². The van der Waals surface area contributed by atoms with Gasteiger partial charge < -0.3 is 10.8 Å². The lowest BCUT2D eigenvalue weighted by molar-refractivity contribution is -0.0924. The van der Waals surface area contributed by atoms with Gasteiger partial charge in [0.1, 0.15) is 0 Å². The van der Waals surface area contributed by atoms with E-state index in [0.717, 1.165) is 44.4 Å². The topological polar surface area (TPSA) is 46.2 Å². The van der Waals surface area contributed by atoms with Crippen LogP contribution in [0.2, 0.25) is 0 Å². The van der Waals surface area contributed by atoms with Crippen molar-refractivity contribution in [1.82, 2.24) is 0 Å². The van der Waals surface area contributed by atoms with E-state index >= 15 is 0 Å². The molecule has 19 heavy (non-hydrogen) atoms. The van der Waals surface area contributed by atoms with Crippen LogP contribution in [0.25, 0.3) is 0 Å². The van der Waals surface area contributed by atoms with Gasteiger partial charge in [-0.05, 0) is 56.3 Å². The molecule has 112 valence electrons. The number of hydrogen-bond acceptors (Lipinski definition) is 2. The zero-order chi connectivity index (χ0) is 14.1. The SMILES string of the molecule is CCC1CCC(CN)(C2(O)CCCC(C)(C)CC2)C1. The molecule has 3 atom stereocenters. The van der Waals surface area contributed by atoms with Crippen molar-refractivity contribution in [3.63, 3.8) is 0 Å². The largest absolute Gasteiger partial charge is 0.389 e. The lowest BCUT2D eigenvalue weighted by Crippen LogP contribution is -2.51. The zero-order valence-corrected chi connectivity index (χ0v) is 13.2. The molecule has 2 saturated carbocycles. The molecule has 0 radical (unpaired) electrons. The van der Waals surface area contributed by atoms with E-state index in [0.29, 0.717) is 12.0 Å². The third-order valence-corrected chi connectivity index (χ3v) is 6.33. The quantitative estimate of drug-likeness (QED) is 0.763. The molecule has 0 aromatic heterocycles. The highest BCUT2D eigenvalue weighted by Crippen LogP contribution is 2.55. The predicted octanol–water partition coefficient (Wildman–Crippen LogP) is 3.86. The Morgan fingerprint density at radius 2 is 1.84 bits per heavy atom. The van der Waals surface area contributed by atoms with Crippen LogP contribution in [0.5, 0.6) is 0 Å². The summed E-state index contributed by atoms with van der Waals surface area (Å²) < 4.78 is 0. The molecular weight excluding hydrogens is 234 g/mol. The van der Waals surface area contributed by atoms with E-state index in [1.54, 1.807) is 0 Å². The number of aliphatic hydroxyl groups is 1. The molecule has 3 unspecified atom stereocenters. The second-order valence-electron chi connectivity index (χ2n) is 8.05. The summed E-state index contributed by atoms with van der Waals surface area (Å²) in [5.41, 5.74) is 6.06. The Labute approximate surface area is 119 Å². The fourth-order valence-corrected chi connectivity index (χ4v) is 4.57. The average molecular weight is 267 g/mol. The standard InChI is InChI=1S/C17H33NO/c1-4-14-6-9-16(12-14,13-18)17(19)8-5-7-15(2,3)10-11-17/h14,19H,4-13,18H2,1-3H3. The van der Waals surface area contributed by atoms with Crippen molar-refractivity contribution in [2.24, 2.45) is 22.5 Å². The Kier molecular flexibility index (Phi) is 4.32. The molecule has 2 fully saturated rings. The van der Waals surface area contributed by atoms with Crippen LogP contribution in [0.4, 0.5) is 0 Å². The van der Waals surface area contributed by atoms with E-state index in [1.165, 1.54) is 19.3 Å². The highest BCUT2D eigenvalue weighted by molar-refractivity contribution is 5.05. The predicted molar refractivity (Wildman–Crippen MR) is 80.9 cm³/mol. The van der Waals surface area contributed by atoms with Crippen LogP contribution >= 0.6 is 0 Å². The van der Waals surface area contributed by atoms with Crippen molar-refractivity contribution in [2.75, 3.05) is 6.54 Å². The molecular formula is C17H33NO. The Morgan fingerprint density at radius 3 is 2.42 bits per heavy atom. The van der Waals surface area contributed by atoms with Gasteiger partial charge >= 0.3 is 0 Å². The van der Waals surface area contributed by atoms with Crippen LogP contribution in [0.15, 0.2) is 0 Å². The summed E-state index contributed by atoms with van der Waals surface area (Å²) in [5, 5.41) is 11.4. The van der Waals surface area contributed by atoms with Crippen LogP contribution in [0, 0.1) is 16.7 Å². The normalized spacial score (nSPS) is 43.1. The second-order valence-corrected chi connectivity index (χ2v) is 8.05. The van der Waals surface area contributed by atoms with Gasteiger partial charge in [-0.1, -0.05) is 33.6 Å². The Bertz CT molecular complexity index is 314. The number of hydrogen-bond donors (Lipinski definition) is 2. The highest BCUT2D eigenvalue weighted by Gasteiger charge is 2.53. The second kappa shape index (κ2) is 5.37. The van der Waals surface area contributed by atoms with E-state index in [4.69, 9.17) is 5.73 Å². The summed E-state index contributed by atoms with van der Waals surface area (Å²) in [6, 6.07) is 0. The maximum atomic E-state index is 11.4. The summed E-state index contributed by atoms with van der Waals surface area (Å²) in [6.45, 7) is 7.63. The van der Waals surface area contributed by atoms with Gasteiger partial charge in [0, 0.05) is 12.0 Å². The summed E-state index contributed by atoms with van der Waals surface area (Å²) in [4.78, 5) is 0. The van der Waals surface area contributed by atoms with Crippen LogP contribution in [-0.2, 0) is 0 Å². The summed E-state index contributed by atoms with van der Waals surface area (Å²) >= 11 is 0. The van der Waals surface area contributed by atoms with Gasteiger partial charge in [0.25, 0.3) is 0 Å². The van der Waals surface area contributed by atoms with Crippen molar-refractivity contribution in [2.45, 2.75) is 84.2 Å². The lowest BCUT2D eigenvalue weighted by Gasteiger charge is -2.45. The van der Waals surface area contributed by atoms with Gasteiger partial charge in [0.15, 0.2) is 0 Å². The third-order valence-electron chi connectivity index (χ3n) is 6.33.